The van der Waals surface area contributed by atoms with Gasteiger partial charge in [-0.3, -0.25) is 14.8 Å². The molecule has 2 amide bonds. The van der Waals surface area contributed by atoms with E-state index in [4.69, 9.17) is 24.4 Å². The zero-order valence-corrected chi connectivity index (χ0v) is 18.0. The highest BCUT2D eigenvalue weighted by atomic mass is 32.1. The maximum Gasteiger partial charge on any atom is 0.337 e. The first-order valence-electron chi connectivity index (χ1n) is 9.63. The average molecular weight is 457 g/mol. The number of urea groups is 1. The van der Waals surface area contributed by atoms with E-state index in [2.05, 4.69) is 25.7 Å². The molecule has 2 heterocycles. The molecule has 31 heavy (non-hydrogen) atoms. The second-order valence-electron chi connectivity index (χ2n) is 7.06. The van der Waals surface area contributed by atoms with Gasteiger partial charge in [0.25, 0.3) is 0 Å². The van der Waals surface area contributed by atoms with Crippen LogP contribution in [0.3, 0.4) is 0 Å². The number of carboxylic acid groups (broad SMARTS) is 1. The van der Waals surface area contributed by atoms with Crippen molar-refractivity contribution in [3.8, 4) is 5.69 Å². The molecule has 1 saturated heterocycles. The second-order valence-corrected chi connectivity index (χ2v) is 7.83. The number of aromatic carboxylic acids is 1. The third kappa shape index (κ3) is 4.52. The van der Waals surface area contributed by atoms with Gasteiger partial charge in [-0.25, -0.2) is 9.59 Å². The lowest BCUT2D eigenvalue weighted by Crippen LogP contribution is -2.22. The Kier molecular flexibility index (Phi) is 5.87. The summed E-state index contributed by atoms with van der Waals surface area (Å²) in [6, 6.07) is 11.5. The van der Waals surface area contributed by atoms with E-state index in [-0.39, 0.29) is 5.56 Å². The number of amides is 2. The number of rotatable bonds is 5. The van der Waals surface area contributed by atoms with Crippen LogP contribution in [-0.4, -0.2) is 45.0 Å². The van der Waals surface area contributed by atoms with Crippen molar-refractivity contribution in [2.45, 2.75) is 12.8 Å². The van der Waals surface area contributed by atoms with E-state index in [1.54, 1.807) is 34.9 Å². The molecule has 1 aliphatic rings. The molecular formula is C20H20N6O3S2. The van der Waals surface area contributed by atoms with Gasteiger partial charge < -0.3 is 20.6 Å². The third-order valence-corrected chi connectivity index (χ3v) is 5.55. The van der Waals surface area contributed by atoms with E-state index >= 15 is 0 Å². The molecule has 0 atom stereocenters. The van der Waals surface area contributed by atoms with Crippen molar-refractivity contribution in [1.82, 2.24) is 14.8 Å². The number of aromatic nitrogens is 3. The fraction of sp³-hybridized carbons (Fsp3) is 0.200. The number of benzene rings is 2. The molecule has 0 unspecified atom stereocenters. The van der Waals surface area contributed by atoms with Gasteiger partial charge in [-0.1, -0.05) is 6.07 Å². The normalized spacial score (nSPS) is 13.2. The van der Waals surface area contributed by atoms with Crippen LogP contribution in [0.2, 0.25) is 0 Å². The molecule has 1 fully saturated rings. The first-order valence-corrected chi connectivity index (χ1v) is 10.4. The lowest BCUT2D eigenvalue weighted by molar-refractivity contribution is 0.0697. The Balaban J connectivity index is 1.51. The summed E-state index contributed by atoms with van der Waals surface area (Å²) in [4.78, 5) is 26.3. The summed E-state index contributed by atoms with van der Waals surface area (Å²) in [7, 11) is 0. The lowest BCUT2D eigenvalue weighted by atomic mass is 10.1. The van der Waals surface area contributed by atoms with E-state index < -0.39 is 12.0 Å². The molecule has 0 bridgehead atoms. The summed E-state index contributed by atoms with van der Waals surface area (Å²) in [5, 5.41) is 20.6. The van der Waals surface area contributed by atoms with Gasteiger partial charge in [0.05, 0.1) is 16.9 Å². The number of nitrogens with zero attached hydrogens (tertiary/aromatic N) is 2. The van der Waals surface area contributed by atoms with Crippen LogP contribution >= 0.6 is 24.4 Å². The van der Waals surface area contributed by atoms with E-state index in [0.29, 0.717) is 32.3 Å². The standard InChI is InChI=1S/C20H20N6O3S2/c27-17(28)15-11-13(6-7-16(15)25-8-1-2-9-25)22-18(29)21-12-4-3-5-14(10-12)26-19(30)23-24-20(26)31/h3-7,10-11H,1-2,8-9H2,(H,23,30)(H,24,31)(H,27,28)(H2,21,22,29). The number of hydrogen-bond donors (Lipinski definition) is 5. The summed E-state index contributed by atoms with van der Waals surface area (Å²) in [6.45, 7) is 1.66. The number of H-pyrrole nitrogens is 2. The van der Waals surface area contributed by atoms with Crippen molar-refractivity contribution >= 4 is 53.5 Å². The van der Waals surface area contributed by atoms with Gasteiger partial charge in [-0.15, -0.1) is 0 Å². The van der Waals surface area contributed by atoms with Gasteiger partial charge in [0.1, 0.15) is 0 Å². The molecule has 0 spiro atoms. The Bertz CT molecular complexity index is 1230. The highest BCUT2D eigenvalue weighted by Gasteiger charge is 2.20. The van der Waals surface area contributed by atoms with Crippen molar-refractivity contribution in [2.75, 3.05) is 28.6 Å². The number of carbonyl (C=O) groups excluding carboxylic acids is 1. The number of aromatic amines is 2. The van der Waals surface area contributed by atoms with Crippen LogP contribution < -0.4 is 15.5 Å². The maximum absolute atomic E-state index is 12.5. The number of carboxylic acids is 1. The monoisotopic (exact) mass is 456 g/mol. The highest BCUT2D eigenvalue weighted by Crippen LogP contribution is 2.27. The van der Waals surface area contributed by atoms with Crippen LogP contribution in [0.1, 0.15) is 23.2 Å². The van der Waals surface area contributed by atoms with E-state index in [1.165, 1.54) is 6.07 Å². The number of anilines is 3. The smallest absolute Gasteiger partial charge is 0.337 e. The molecule has 0 radical (unpaired) electrons. The average Bonchev–Trinajstić information content (AvgIpc) is 3.38. The molecule has 0 aliphatic carbocycles. The predicted molar refractivity (Wildman–Crippen MR) is 124 cm³/mol. The topological polar surface area (TPSA) is 118 Å². The highest BCUT2D eigenvalue weighted by molar-refractivity contribution is 7.72. The van der Waals surface area contributed by atoms with E-state index in [0.717, 1.165) is 25.9 Å². The van der Waals surface area contributed by atoms with Crippen LogP contribution in [0.5, 0.6) is 0 Å². The Hall–Kier alpha value is -3.44. The molecule has 3 aromatic rings. The van der Waals surface area contributed by atoms with Gasteiger partial charge in [-0.05, 0) is 73.7 Å². The fourth-order valence-electron chi connectivity index (χ4n) is 3.58. The Morgan fingerprint density at radius 2 is 1.58 bits per heavy atom. The number of hydrogen-bond acceptors (Lipinski definition) is 5. The van der Waals surface area contributed by atoms with Crippen molar-refractivity contribution in [1.29, 1.82) is 0 Å². The number of carbonyl (C=O) groups is 2. The quantitative estimate of drug-likeness (QED) is 0.360. The van der Waals surface area contributed by atoms with Gasteiger partial charge >= 0.3 is 12.0 Å². The molecule has 1 aliphatic heterocycles. The lowest BCUT2D eigenvalue weighted by Gasteiger charge is -2.20. The molecule has 0 saturated carbocycles. The summed E-state index contributed by atoms with van der Waals surface area (Å²) in [5.41, 5.74) is 2.44. The first-order chi connectivity index (χ1) is 14.9. The molecule has 9 nitrogen and oxygen atoms in total. The number of nitrogens with one attached hydrogen (secondary N) is 4. The third-order valence-electron chi connectivity index (χ3n) is 4.98. The fourth-order valence-corrected chi connectivity index (χ4v) is 4.13. The van der Waals surface area contributed by atoms with Crippen LogP contribution in [-0.2, 0) is 0 Å². The zero-order valence-electron chi connectivity index (χ0n) is 16.3. The molecule has 160 valence electrons. The van der Waals surface area contributed by atoms with Crippen molar-refractivity contribution in [3.63, 3.8) is 0 Å². The van der Waals surface area contributed by atoms with Gasteiger partial charge in [-0.2, -0.15) is 0 Å². The molecule has 5 N–H and O–H groups in total. The zero-order chi connectivity index (χ0) is 22.0. The van der Waals surface area contributed by atoms with Crippen molar-refractivity contribution in [2.24, 2.45) is 0 Å². The van der Waals surface area contributed by atoms with Gasteiger partial charge in [0, 0.05) is 24.5 Å². The summed E-state index contributed by atoms with van der Waals surface area (Å²) >= 11 is 10.4. The van der Waals surface area contributed by atoms with Gasteiger partial charge in [0.15, 0.2) is 9.54 Å². The van der Waals surface area contributed by atoms with Crippen molar-refractivity contribution < 1.29 is 14.7 Å². The van der Waals surface area contributed by atoms with Gasteiger partial charge in [0.2, 0.25) is 0 Å². The van der Waals surface area contributed by atoms with Crippen LogP contribution in [0.25, 0.3) is 5.69 Å². The summed E-state index contributed by atoms with van der Waals surface area (Å²) < 4.78 is 2.45. The molecule has 2 aromatic carbocycles. The Morgan fingerprint density at radius 3 is 2.23 bits per heavy atom. The first kappa shape index (κ1) is 20.8. The Morgan fingerprint density at radius 1 is 0.935 bits per heavy atom. The minimum atomic E-state index is -1.03. The summed E-state index contributed by atoms with van der Waals surface area (Å²) in [5.74, 6) is -1.03. The molecule has 4 rings (SSSR count). The minimum absolute atomic E-state index is 0.165. The SMILES string of the molecule is O=C(Nc1cccc(-n2c(=S)[nH][nH]c2=S)c1)Nc1ccc(N2CCCC2)c(C(=O)O)c1. The minimum Gasteiger partial charge on any atom is -0.478 e. The van der Waals surface area contributed by atoms with Crippen molar-refractivity contribution in [3.05, 3.63) is 57.6 Å². The molecule has 11 heteroatoms. The van der Waals surface area contributed by atoms with Crippen LogP contribution in [0.15, 0.2) is 42.5 Å². The maximum atomic E-state index is 12.5. The Labute approximate surface area is 187 Å². The van der Waals surface area contributed by atoms with E-state index in [1.807, 2.05) is 6.07 Å². The molecule has 1 aromatic heterocycles. The van der Waals surface area contributed by atoms with E-state index in [9.17, 15) is 14.7 Å². The summed E-state index contributed by atoms with van der Waals surface area (Å²) in [6.07, 6.45) is 2.08. The largest absolute Gasteiger partial charge is 0.478 e. The second kappa shape index (κ2) is 8.74. The predicted octanol–water partition coefficient (Wildman–Crippen LogP) is 4.53. The van der Waals surface area contributed by atoms with Crippen LogP contribution in [0.4, 0.5) is 21.9 Å². The molecular weight excluding hydrogens is 436 g/mol. The van der Waals surface area contributed by atoms with Crippen LogP contribution in [0, 0.1) is 9.54 Å².